The van der Waals surface area contributed by atoms with Crippen LogP contribution in [0.4, 0.5) is 11.4 Å². The second kappa shape index (κ2) is 3.96. The molecule has 1 fully saturated rings. The van der Waals surface area contributed by atoms with E-state index < -0.39 is 0 Å². The van der Waals surface area contributed by atoms with Gasteiger partial charge in [0.2, 0.25) is 5.91 Å². The van der Waals surface area contributed by atoms with Crippen LogP contribution in [0, 0.1) is 12.8 Å². The summed E-state index contributed by atoms with van der Waals surface area (Å²) < 4.78 is 0. The molecule has 1 saturated heterocycles. The number of anilines is 1. The maximum Gasteiger partial charge on any atom is 0.233 e. The Morgan fingerprint density at radius 2 is 2.29 bits per heavy atom. The Balaban J connectivity index is 2.09. The van der Waals surface area contributed by atoms with E-state index in [1.807, 2.05) is 25.1 Å². The summed E-state index contributed by atoms with van der Waals surface area (Å²) in [6.07, 6.45) is 0.831. The molecule has 1 aromatic carbocycles. The van der Waals surface area contributed by atoms with E-state index in [0.29, 0.717) is 6.54 Å². The largest absolute Gasteiger partial charge is 0.324 e. The van der Waals surface area contributed by atoms with Crippen LogP contribution in [0.3, 0.4) is 0 Å². The number of piperidine rings is 1. The lowest BCUT2D eigenvalue weighted by Gasteiger charge is -2.21. The molecule has 1 amide bonds. The van der Waals surface area contributed by atoms with Crippen molar-refractivity contribution in [3.63, 3.8) is 0 Å². The van der Waals surface area contributed by atoms with Crippen molar-refractivity contribution in [2.24, 2.45) is 10.9 Å². The first-order valence-electron chi connectivity index (χ1n) is 5.94. The SMILES string of the molecule is Cc1ccc2c(c1)N=C1CNCCC1C(=O)N2. The van der Waals surface area contributed by atoms with E-state index in [0.717, 1.165) is 35.6 Å². The van der Waals surface area contributed by atoms with E-state index in [1.165, 1.54) is 0 Å². The van der Waals surface area contributed by atoms with Gasteiger partial charge in [-0.2, -0.15) is 0 Å². The van der Waals surface area contributed by atoms with E-state index in [-0.39, 0.29) is 11.8 Å². The van der Waals surface area contributed by atoms with Crippen molar-refractivity contribution < 1.29 is 4.79 Å². The predicted octanol–water partition coefficient (Wildman–Crippen LogP) is 1.63. The van der Waals surface area contributed by atoms with Crippen LogP contribution in [0.25, 0.3) is 0 Å². The lowest BCUT2D eigenvalue weighted by atomic mass is 9.95. The molecule has 2 N–H and O–H groups in total. The number of nitrogens with zero attached hydrogens (tertiary/aromatic N) is 1. The predicted molar refractivity (Wildman–Crippen MR) is 67.9 cm³/mol. The number of nitrogens with one attached hydrogen (secondary N) is 2. The molecule has 0 radical (unpaired) electrons. The van der Waals surface area contributed by atoms with E-state index in [1.54, 1.807) is 0 Å². The number of rotatable bonds is 0. The molecule has 2 aliphatic rings. The highest BCUT2D eigenvalue weighted by Gasteiger charge is 2.29. The van der Waals surface area contributed by atoms with Gasteiger partial charge in [0.05, 0.1) is 17.3 Å². The number of carbonyl (C=O) groups is 1. The van der Waals surface area contributed by atoms with Crippen LogP contribution in [-0.4, -0.2) is 24.7 Å². The lowest BCUT2D eigenvalue weighted by Crippen LogP contribution is -2.41. The number of aliphatic imine (C=N–C) groups is 1. The summed E-state index contributed by atoms with van der Waals surface area (Å²) in [5, 5.41) is 6.23. The summed E-state index contributed by atoms with van der Waals surface area (Å²) in [6, 6.07) is 5.93. The van der Waals surface area contributed by atoms with Gasteiger partial charge in [0, 0.05) is 12.3 Å². The third-order valence-electron chi connectivity index (χ3n) is 3.31. The average Bonchev–Trinajstić information content (AvgIpc) is 2.46. The first kappa shape index (κ1) is 10.5. The monoisotopic (exact) mass is 229 g/mol. The highest BCUT2D eigenvalue weighted by molar-refractivity contribution is 6.14. The molecule has 3 rings (SSSR count). The summed E-state index contributed by atoms with van der Waals surface area (Å²) in [6.45, 7) is 3.63. The molecule has 0 spiro atoms. The maximum absolute atomic E-state index is 12.1. The second-order valence-corrected chi connectivity index (χ2v) is 4.63. The smallest absolute Gasteiger partial charge is 0.233 e. The number of aryl methyl sites for hydroxylation is 1. The number of benzene rings is 1. The summed E-state index contributed by atoms with van der Waals surface area (Å²) in [5.41, 5.74) is 3.81. The molecule has 0 aliphatic carbocycles. The van der Waals surface area contributed by atoms with Crippen LogP contribution < -0.4 is 10.6 Å². The van der Waals surface area contributed by atoms with Gasteiger partial charge in [-0.1, -0.05) is 6.07 Å². The van der Waals surface area contributed by atoms with Gasteiger partial charge in [0.1, 0.15) is 0 Å². The molecular weight excluding hydrogens is 214 g/mol. The first-order valence-corrected chi connectivity index (χ1v) is 5.94. The number of amides is 1. The van der Waals surface area contributed by atoms with Gasteiger partial charge in [0.15, 0.2) is 0 Å². The first-order chi connectivity index (χ1) is 8.24. The number of hydrogen-bond donors (Lipinski definition) is 2. The average molecular weight is 229 g/mol. The van der Waals surface area contributed by atoms with Gasteiger partial charge in [-0.25, -0.2) is 0 Å². The van der Waals surface area contributed by atoms with Crippen molar-refractivity contribution in [2.45, 2.75) is 13.3 Å². The Morgan fingerprint density at radius 3 is 3.18 bits per heavy atom. The van der Waals surface area contributed by atoms with Crippen molar-refractivity contribution in [1.29, 1.82) is 0 Å². The van der Waals surface area contributed by atoms with E-state index in [2.05, 4.69) is 15.6 Å². The molecule has 0 aromatic heterocycles. The quantitative estimate of drug-likeness (QED) is 0.710. The fourth-order valence-electron chi connectivity index (χ4n) is 2.37. The molecule has 2 aliphatic heterocycles. The molecular formula is C13H15N3O. The molecule has 1 atom stereocenters. The van der Waals surface area contributed by atoms with E-state index >= 15 is 0 Å². The molecule has 17 heavy (non-hydrogen) atoms. The lowest BCUT2D eigenvalue weighted by molar-refractivity contribution is -0.118. The van der Waals surface area contributed by atoms with Crippen molar-refractivity contribution in [3.05, 3.63) is 23.8 Å². The standard InChI is InChI=1S/C13H15N3O/c1-8-2-3-10-11(6-8)15-12-7-14-5-4-9(12)13(17)16-10/h2-3,6,9,14H,4-5,7H2,1H3,(H,16,17). The van der Waals surface area contributed by atoms with Gasteiger partial charge < -0.3 is 10.6 Å². The van der Waals surface area contributed by atoms with Crippen molar-refractivity contribution >= 4 is 23.0 Å². The molecule has 0 bridgehead atoms. The van der Waals surface area contributed by atoms with Crippen LogP contribution in [0.5, 0.6) is 0 Å². The van der Waals surface area contributed by atoms with Crippen LogP contribution in [0.2, 0.25) is 0 Å². The molecule has 88 valence electrons. The summed E-state index contributed by atoms with van der Waals surface area (Å²) in [7, 11) is 0. The minimum atomic E-state index is -0.0658. The number of fused-ring (bicyclic) bond motifs is 2. The molecule has 1 unspecified atom stereocenters. The van der Waals surface area contributed by atoms with Gasteiger partial charge in [-0.3, -0.25) is 9.79 Å². The zero-order valence-electron chi connectivity index (χ0n) is 9.79. The Bertz CT molecular complexity index is 507. The van der Waals surface area contributed by atoms with Crippen molar-refractivity contribution in [1.82, 2.24) is 5.32 Å². The number of hydrogen-bond acceptors (Lipinski definition) is 3. The topological polar surface area (TPSA) is 53.5 Å². The molecule has 2 heterocycles. The molecule has 0 saturated carbocycles. The highest BCUT2D eigenvalue weighted by atomic mass is 16.1. The van der Waals surface area contributed by atoms with Crippen molar-refractivity contribution in [3.8, 4) is 0 Å². The van der Waals surface area contributed by atoms with Crippen LogP contribution in [-0.2, 0) is 4.79 Å². The van der Waals surface area contributed by atoms with Crippen molar-refractivity contribution in [2.75, 3.05) is 18.4 Å². The zero-order valence-corrected chi connectivity index (χ0v) is 9.79. The molecule has 4 nitrogen and oxygen atoms in total. The highest BCUT2D eigenvalue weighted by Crippen LogP contribution is 2.31. The summed E-state index contributed by atoms with van der Waals surface area (Å²) >= 11 is 0. The Kier molecular flexibility index (Phi) is 2.44. The van der Waals surface area contributed by atoms with Gasteiger partial charge >= 0.3 is 0 Å². The maximum atomic E-state index is 12.1. The number of carbonyl (C=O) groups excluding carboxylic acids is 1. The summed E-state index contributed by atoms with van der Waals surface area (Å²) in [4.78, 5) is 16.7. The fourth-order valence-corrected chi connectivity index (χ4v) is 2.37. The third-order valence-corrected chi connectivity index (χ3v) is 3.31. The second-order valence-electron chi connectivity index (χ2n) is 4.63. The fraction of sp³-hybridized carbons (Fsp3) is 0.385. The van der Waals surface area contributed by atoms with E-state index in [4.69, 9.17) is 0 Å². The minimum absolute atomic E-state index is 0.0658. The molecule has 1 aromatic rings. The molecule has 4 heteroatoms. The Labute approximate surface area is 100 Å². The third kappa shape index (κ3) is 1.85. The Morgan fingerprint density at radius 1 is 1.41 bits per heavy atom. The summed E-state index contributed by atoms with van der Waals surface area (Å²) in [5.74, 6) is 0.0109. The van der Waals surface area contributed by atoms with Gasteiger partial charge in [0.25, 0.3) is 0 Å². The van der Waals surface area contributed by atoms with Gasteiger partial charge in [-0.15, -0.1) is 0 Å². The zero-order chi connectivity index (χ0) is 11.8. The normalized spacial score (nSPS) is 23.0. The van der Waals surface area contributed by atoms with Crippen LogP contribution in [0.15, 0.2) is 23.2 Å². The van der Waals surface area contributed by atoms with Gasteiger partial charge in [-0.05, 0) is 37.6 Å². The minimum Gasteiger partial charge on any atom is -0.324 e. The van der Waals surface area contributed by atoms with Crippen LogP contribution >= 0.6 is 0 Å². The van der Waals surface area contributed by atoms with Crippen LogP contribution in [0.1, 0.15) is 12.0 Å². The Hall–Kier alpha value is -1.68. The van der Waals surface area contributed by atoms with E-state index in [9.17, 15) is 4.79 Å².